The van der Waals surface area contributed by atoms with Crippen molar-refractivity contribution in [1.82, 2.24) is 0 Å². The van der Waals surface area contributed by atoms with E-state index in [0.717, 1.165) is 12.8 Å². The van der Waals surface area contributed by atoms with Crippen molar-refractivity contribution in [3.05, 3.63) is 12.2 Å². The standard InChI is InChI=1S/C22H45NO2/c1-4-7-8-9-10-11-12-13-14-15-16-17-18-19-20(24)22(23)21(5-2)25-6-3/h18-22,24H,4-17,23H2,1-3H3. The van der Waals surface area contributed by atoms with E-state index in [4.69, 9.17) is 10.5 Å². The van der Waals surface area contributed by atoms with Crippen LogP contribution in [0.4, 0.5) is 0 Å². The molecule has 0 aliphatic heterocycles. The lowest BCUT2D eigenvalue weighted by Crippen LogP contribution is -2.45. The summed E-state index contributed by atoms with van der Waals surface area (Å²) in [5.74, 6) is 0. The fraction of sp³-hybridized carbons (Fsp3) is 0.909. The number of ether oxygens (including phenoxy) is 1. The monoisotopic (exact) mass is 355 g/mol. The summed E-state index contributed by atoms with van der Waals surface area (Å²) in [6.07, 6.45) is 20.1. The fourth-order valence-corrected chi connectivity index (χ4v) is 3.23. The van der Waals surface area contributed by atoms with Gasteiger partial charge in [0.2, 0.25) is 0 Å². The van der Waals surface area contributed by atoms with Gasteiger partial charge in [-0.15, -0.1) is 0 Å². The molecular formula is C22H45NO2. The van der Waals surface area contributed by atoms with Crippen LogP contribution >= 0.6 is 0 Å². The van der Waals surface area contributed by atoms with Crippen molar-refractivity contribution in [3.63, 3.8) is 0 Å². The molecule has 0 aliphatic carbocycles. The Balaban J connectivity index is 3.53. The van der Waals surface area contributed by atoms with Gasteiger partial charge in [0.1, 0.15) is 0 Å². The van der Waals surface area contributed by atoms with Crippen molar-refractivity contribution in [2.24, 2.45) is 5.73 Å². The van der Waals surface area contributed by atoms with E-state index in [0.29, 0.717) is 6.61 Å². The topological polar surface area (TPSA) is 55.5 Å². The van der Waals surface area contributed by atoms with Gasteiger partial charge >= 0.3 is 0 Å². The summed E-state index contributed by atoms with van der Waals surface area (Å²) in [5, 5.41) is 10.1. The average molecular weight is 356 g/mol. The molecule has 0 radical (unpaired) electrons. The normalized spacial score (nSPS) is 15.6. The first-order valence-electron chi connectivity index (χ1n) is 10.9. The summed E-state index contributed by atoms with van der Waals surface area (Å²) in [7, 11) is 0. The molecule has 25 heavy (non-hydrogen) atoms. The van der Waals surface area contributed by atoms with Gasteiger partial charge in [-0.3, -0.25) is 0 Å². The second-order valence-corrected chi connectivity index (χ2v) is 7.22. The number of hydrogen-bond acceptors (Lipinski definition) is 3. The average Bonchev–Trinajstić information content (AvgIpc) is 2.62. The number of aliphatic hydroxyl groups is 1. The van der Waals surface area contributed by atoms with Gasteiger partial charge in [-0.05, 0) is 26.2 Å². The SMILES string of the molecule is CCCCCCCCCCCCCC=CC(O)C(N)C(CC)OCC. The van der Waals surface area contributed by atoms with Crippen LogP contribution in [0.3, 0.4) is 0 Å². The smallest absolute Gasteiger partial charge is 0.0897 e. The third-order valence-corrected chi connectivity index (χ3v) is 4.91. The quantitative estimate of drug-likeness (QED) is 0.243. The fourth-order valence-electron chi connectivity index (χ4n) is 3.23. The van der Waals surface area contributed by atoms with Crippen LogP contribution in [0.25, 0.3) is 0 Å². The first-order valence-corrected chi connectivity index (χ1v) is 10.9. The van der Waals surface area contributed by atoms with E-state index in [9.17, 15) is 5.11 Å². The summed E-state index contributed by atoms with van der Waals surface area (Å²) in [6, 6.07) is -0.335. The van der Waals surface area contributed by atoms with Crippen LogP contribution in [-0.2, 0) is 4.74 Å². The predicted molar refractivity (Wildman–Crippen MR) is 110 cm³/mol. The van der Waals surface area contributed by atoms with Gasteiger partial charge < -0.3 is 15.6 Å². The minimum Gasteiger partial charge on any atom is -0.387 e. The molecule has 0 amide bonds. The lowest BCUT2D eigenvalue weighted by Gasteiger charge is -2.25. The van der Waals surface area contributed by atoms with E-state index in [-0.39, 0.29) is 12.1 Å². The van der Waals surface area contributed by atoms with Crippen LogP contribution in [0.15, 0.2) is 12.2 Å². The van der Waals surface area contributed by atoms with Crippen LogP contribution in [-0.4, -0.2) is 30.0 Å². The molecule has 0 fully saturated rings. The third-order valence-electron chi connectivity index (χ3n) is 4.91. The van der Waals surface area contributed by atoms with Gasteiger partial charge in [-0.2, -0.15) is 0 Å². The summed E-state index contributed by atoms with van der Waals surface area (Å²) < 4.78 is 5.57. The van der Waals surface area contributed by atoms with E-state index in [1.807, 2.05) is 19.9 Å². The van der Waals surface area contributed by atoms with Crippen molar-refractivity contribution in [2.75, 3.05) is 6.61 Å². The molecular weight excluding hydrogens is 310 g/mol. The maximum atomic E-state index is 10.1. The highest BCUT2D eigenvalue weighted by molar-refractivity contribution is 4.96. The van der Waals surface area contributed by atoms with Gasteiger partial charge in [0.15, 0.2) is 0 Å². The van der Waals surface area contributed by atoms with Crippen molar-refractivity contribution in [2.45, 2.75) is 122 Å². The highest BCUT2D eigenvalue weighted by atomic mass is 16.5. The summed E-state index contributed by atoms with van der Waals surface area (Å²) in [4.78, 5) is 0. The molecule has 0 aliphatic rings. The third kappa shape index (κ3) is 14.5. The molecule has 3 unspecified atom stereocenters. The minimum absolute atomic E-state index is 0.0633. The molecule has 0 heterocycles. The molecule has 0 bridgehead atoms. The van der Waals surface area contributed by atoms with E-state index in [1.165, 1.54) is 70.6 Å². The summed E-state index contributed by atoms with van der Waals surface area (Å²) >= 11 is 0. The molecule has 150 valence electrons. The van der Waals surface area contributed by atoms with Crippen molar-refractivity contribution in [3.8, 4) is 0 Å². The molecule has 0 aromatic heterocycles. The zero-order valence-corrected chi connectivity index (χ0v) is 17.2. The lowest BCUT2D eigenvalue weighted by molar-refractivity contribution is 0.0118. The zero-order valence-electron chi connectivity index (χ0n) is 17.2. The minimum atomic E-state index is -0.607. The maximum absolute atomic E-state index is 10.1. The number of rotatable bonds is 18. The van der Waals surface area contributed by atoms with Crippen molar-refractivity contribution >= 4 is 0 Å². The Morgan fingerprint density at radius 3 is 1.84 bits per heavy atom. The van der Waals surface area contributed by atoms with Gasteiger partial charge in [-0.25, -0.2) is 0 Å². The number of aliphatic hydroxyl groups excluding tert-OH is 1. The molecule has 0 aromatic rings. The highest BCUT2D eigenvalue weighted by Gasteiger charge is 2.21. The molecule has 0 spiro atoms. The molecule has 0 saturated heterocycles. The van der Waals surface area contributed by atoms with E-state index >= 15 is 0 Å². The lowest BCUT2D eigenvalue weighted by atomic mass is 10.0. The van der Waals surface area contributed by atoms with Gasteiger partial charge in [0, 0.05) is 6.61 Å². The Labute approximate surface area is 157 Å². The zero-order chi connectivity index (χ0) is 18.8. The first-order chi connectivity index (χ1) is 12.2. The van der Waals surface area contributed by atoms with Gasteiger partial charge in [0.25, 0.3) is 0 Å². The maximum Gasteiger partial charge on any atom is 0.0897 e. The first kappa shape index (κ1) is 24.6. The Hall–Kier alpha value is -0.380. The Morgan fingerprint density at radius 1 is 0.840 bits per heavy atom. The molecule has 0 rings (SSSR count). The second kappa shape index (κ2) is 18.4. The molecule has 3 atom stereocenters. The number of hydrogen-bond donors (Lipinski definition) is 2. The van der Waals surface area contributed by atoms with E-state index in [2.05, 4.69) is 13.0 Å². The van der Waals surface area contributed by atoms with E-state index in [1.54, 1.807) is 0 Å². The summed E-state index contributed by atoms with van der Waals surface area (Å²) in [6.45, 7) is 6.92. The van der Waals surface area contributed by atoms with Crippen LogP contribution in [0.2, 0.25) is 0 Å². The summed E-state index contributed by atoms with van der Waals surface area (Å²) in [5.41, 5.74) is 6.08. The number of nitrogens with two attached hydrogens (primary N) is 1. The van der Waals surface area contributed by atoms with Gasteiger partial charge in [0.05, 0.1) is 18.2 Å². The van der Waals surface area contributed by atoms with E-state index < -0.39 is 6.10 Å². The Bertz CT molecular complexity index is 294. The largest absolute Gasteiger partial charge is 0.387 e. The Morgan fingerprint density at radius 2 is 1.36 bits per heavy atom. The van der Waals surface area contributed by atoms with Crippen LogP contribution < -0.4 is 5.73 Å². The van der Waals surface area contributed by atoms with Crippen molar-refractivity contribution in [1.29, 1.82) is 0 Å². The molecule has 3 N–H and O–H groups in total. The molecule has 3 heteroatoms. The van der Waals surface area contributed by atoms with Crippen LogP contribution in [0.5, 0.6) is 0 Å². The molecule has 0 aromatic carbocycles. The number of unbranched alkanes of at least 4 members (excludes halogenated alkanes) is 11. The highest BCUT2D eigenvalue weighted by Crippen LogP contribution is 2.12. The van der Waals surface area contributed by atoms with Gasteiger partial charge in [-0.1, -0.05) is 90.2 Å². The van der Waals surface area contributed by atoms with Crippen molar-refractivity contribution < 1.29 is 9.84 Å². The molecule has 0 saturated carbocycles. The predicted octanol–water partition coefficient (Wildman–Crippen LogP) is 5.75. The van der Waals surface area contributed by atoms with Crippen LogP contribution in [0.1, 0.15) is 104 Å². The molecule has 3 nitrogen and oxygen atoms in total. The Kier molecular flexibility index (Phi) is 18.1. The van der Waals surface area contributed by atoms with Crippen LogP contribution in [0, 0.1) is 0 Å². The second-order valence-electron chi connectivity index (χ2n) is 7.22. The number of allylic oxidation sites excluding steroid dienone is 1.